The molecule has 0 atom stereocenters. The first-order valence-corrected chi connectivity index (χ1v) is 5.13. The Morgan fingerprint density at radius 2 is 2.14 bits per heavy atom. The summed E-state index contributed by atoms with van der Waals surface area (Å²) in [4.78, 5) is 19.3. The zero-order valence-electron chi connectivity index (χ0n) is 8.57. The van der Waals surface area contributed by atoms with Crippen LogP contribution in [0.3, 0.4) is 0 Å². The molecule has 0 aliphatic heterocycles. The Bertz CT molecular complexity index is 272. The summed E-state index contributed by atoms with van der Waals surface area (Å²) in [6, 6.07) is 0. The van der Waals surface area contributed by atoms with Crippen molar-refractivity contribution in [3.63, 3.8) is 0 Å². The lowest BCUT2D eigenvalue weighted by Crippen LogP contribution is -2.02. The van der Waals surface area contributed by atoms with Crippen molar-refractivity contribution >= 4 is 5.78 Å². The third-order valence-corrected chi connectivity index (χ3v) is 2.11. The van der Waals surface area contributed by atoms with E-state index >= 15 is 0 Å². The highest BCUT2D eigenvalue weighted by atomic mass is 16.1. The molecule has 0 fully saturated rings. The predicted molar refractivity (Wildman–Crippen MR) is 55.1 cm³/mol. The molecule has 0 aliphatic rings. The van der Waals surface area contributed by atoms with Crippen LogP contribution >= 0.6 is 0 Å². The lowest BCUT2D eigenvalue weighted by Gasteiger charge is -1.98. The molecule has 0 aliphatic carbocycles. The summed E-state index contributed by atoms with van der Waals surface area (Å²) in [7, 11) is 0. The zero-order chi connectivity index (χ0) is 10.2. The fourth-order valence-corrected chi connectivity index (χ4v) is 1.28. The molecule has 1 aromatic heterocycles. The Balaban J connectivity index is 2.29. The van der Waals surface area contributed by atoms with Gasteiger partial charge >= 0.3 is 0 Å². The van der Waals surface area contributed by atoms with Gasteiger partial charge in [0, 0.05) is 18.8 Å². The summed E-state index contributed by atoms with van der Waals surface area (Å²) >= 11 is 0. The molecule has 1 rings (SSSR count). The second-order valence-corrected chi connectivity index (χ2v) is 3.32. The van der Waals surface area contributed by atoms with E-state index in [2.05, 4.69) is 16.9 Å². The molecule has 0 saturated carbocycles. The summed E-state index contributed by atoms with van der Waals surface area (Å²) in [5.74, 6) is 0.106. The number of carbonyl (C=O) groups is 1. The van der Waals surface area contributed by atoms with Crippen molar-refractivity contribution in [3.8, 4) is 0 Å². The van der Waals surface area contributed by atoms with Crippen molar-refractivity contribution in [1.82, 2.24) is 9.97 Å². The number of hydrogen-bond donors (Lipinski definition) is 0. The van der Waals surface area contributed by atoms with Crippen LogP contribution in [0.5, 0.6) is 0 Å². The zero-order valence-corrected chi connectivity index (χ0v) is 8.57. The Morgan fingerprint density at radius 3 is 2.79 bits per heavy atom. The van der Waals surface area contributed by atoms with Crippen molar-refractivity contribution < 1.29 is 4.79 Å². The van der Waals surface area contributed by atoms with E-state index in [0.717, 1.165) is 12.8 Å². The molecular formula is C11H16N2O. The summed E-state index contributed by atoms with van der Waals surface area (Å²) in [5.41, 5.74) is 0.490. The van der Waals surface area contributed by atoms with Crippen molar-refractivity contribution in [3.05, 3.63) is 24.3 Å². The molecule has 0 aromatic carbocycles. The minimum Gasteiger partial charge on any atom is -0.292 e. The summed E-state index contributed by atoms with van der Waals surface area (Å²) in [6.45, 7) is 2.16. The average Bonchev–Trinajstić information content (AvgIpc) is 2.25. The number of Topliss-reactive ketones (excluding diaryl/α,β-unsaturated/α-hetero) is 1. The van der Waals surface area contributed by atoms with E-state index in [9.17, 15) is 4.79 Å². The van der Waals surface area contributed by atoms with E-state index in [0.29, 0.717) is 12.1 Å². The summed E-state index contributed by atoms with van der Waals surface area (Å²) in [5, 5.41) is 0. The fraction of sp³-hybridized carbons (Fsp3) is 0.545. The molecule has 0 N–H and O–H groups in total. The minimum atomic E-state index is 0.106. The lowest BCUT2D eigenvalue weighted by molar-refractivity contribution is 0.0974. The van der Waals surface area contributed by atoms with Gasteiger partial charge in [0.25, 0.3) is 0 Å². The third kappa shape index (κ3) is 3.64. The van der Waals surface area contributed by atoms with Crippen molar-refractivity contribution in [1.29, 1.82) is 0 Å². The van der Waals surface area contributed by atoms with Crippen LogP contribution in [0, 0.1) is 0 Å². The normalized spacial score (nSPS) is 10.1. The summed E-state index contributed by atoms with van der Waals surface area (Å²) in [6.07, 6.45) is 9.74. The van der Waals surface area contributed by atoms with Crippen molar-refractivity contribution in [2.24, 2.45) is 0 Å². The molecule has 3 heteroatoms. The second-order valence-electron chi connectivity index (χ2n) is 3.32. The largest absolute Gasteiger partial charge is 0.292 e. The maximum atomic E-state index is 11.5. The number of unbranched alkanes of at least 4 members (excludes halogenated alkanes) is 3. The Hall–Kier alpha value is -1.25. The second kappa shape index (κ2) is 6.24. The highest BCUT2D eigenvalue weighted by molar-refractivity contribution is 5.93. The molecule has 0 unspecified atom stereocenters. The number of rotatable bonds is 6. The highest BCUT2D eigenvalue weighted by Crippen LogP contribution is 2.06. The van der Waals surface area contributed by atoms with Crippen LogP contribution < -0.4 is 0 Å². The number of carbonyl (C=O) groups excluding carboxylic acids is 1. The lowest BCUT2D eigenvalue weighted by atomic mass is 10.1. The van der Waals surface area contributed by atoms with E-state index in [-0.39, 0.29) is 5.78 Å². The first-order chi connectivity index (χ1) is 6.84. The third-order valence-electron chi connectivity index (χ3n) is 2.11. The Labute approximate surface area is 84.6 Å². The maximum Gasteiger partial charge on any atom is 0.182 e. The molecule has 76 valence electrons. The Morgan fingerprint density at radius 1 is 1.29 bits per heavy atom. The van der Waals surface area contributed by atoms with Gasteiger partial charge in [0.1, 0.15) is 5.69 Å². The van der Waals surface area contributed by atoms with Crippen LogP contribution in [0.4, 0.5) is 0 Å². The first-order valence-electron chi connectivity index (χ1n) is 5.13. The van der Waals surface area contributed by atoms with Gasteiger partial charge in [0.05, 0.1) is 6.20 Å². The molecule has 0 bridgehead atoms. The molecule has 1 heterocycles. The molecule has 0 saturated heterocycles. The van der Waals surface area contributed by atoms with Crippen LogP contribution in [-0.2, 0) is 0 Å². The van der Waals surface area contributed by atoms with Gasteiger partial charge in [-0.15, -0.1) is 0 Å². The quantitative estimate of drug-likeness (QED) is 0.514. The van der Waals surface area contributed by atoms with Crippen LogP contribution in [0.25, 0.3) is 0 Å². The molecular weight excluding hydrogens is 176 g/mol. The van der Waals surface area contributed by atoms with E-state index in [1.807, 2.05) is 0 Å². The minimum absolute atomic E-state index is 0.106. The molecule has 0 radical (unpaired) electrons. The van der Waals surface area contributed by atoms with Gasteiger partial charge < -0.3 is 0 Å². The van der Waals surface area contributed by atoms with E-state index in [1.165, 1.54) is 19.0 Å². The van der Waals surface area contributed by atoms with E-state index in [4.69, 9.17) is 0 Å². The summed E-state index contributed by atoms with van der Waals surface area (Å²) < 4.78 is 0. The highest BCUT2D eigenvalue weighted by Gasteiger charge is 2.05. The molecule has 0 spiro atoms. The number of nitrogens with zero attached hydrogens (tertiary/aromatic N) is 2. The maximum absolute atomic E-state index is 11.5. The average molecular weight is 192 g/mol. The van der Waals surface area contributed by atoms with Gasteiger partial charge in [0.15, 0.2) is 5.78 Å². The number of hydrogen-bond acceptors (Lipinski definition) is 3. The SMILES string of the molecule is CCCCCCC(=O)c1cnccn1. The van der Waals surface area contributed by atoms with Crippen LogP contribution in [0.15, 0.2) is 18.6 Å². The van der Waals surface area contributed by atoms with Gasteiger partial charge in [-0.05, 0) is 6.42 Å². The first kappa shape index (κ1) is 10.8. The van der Waals surface area contributed by atoms with Gasteiger partial charge in [-0.3, -0.25) is 9.78 Å². The molecule has 1 aromatic rings. The van der Waals surface area contributed by atoms with Crippen LogP contribution in [0.1, 0.15) is 49.5 Å². The van der Waals surface area contributed by atoms with Gasteiger partial charge in [0.2, 0.25) is 0 Å². The van der Waals surface area contributed by atoms with Crippen molar-refractivity contribution in [2.75, 3.05) is 0 Å². The van der Waals surface area contributed by atoms with Gasteiger partial charge in [-0.1, -0.05) is 26.2 Å². The standard InChI is InChI=1S/C11H16N2O/c1-2-3-4-5-6-11(14)10-9-12-7-8-13-10/h7-9H,2-6H2,1H3. The van der Waals surface area contributed by atoms with E-state index in [1.54, 1.807) is 12.4 Å². The monoisotopic (exact) mass is 192 g/mol. The van der Waals surface area contributed by atoms with Crippen LogP contribution in [0.2, 0.25) is 0 Å². The molecule has 3 nitrogen and oxygen atoms in total. The van der Waals surface area contributed by atoms with Gasteiger partial charge in [-0.2, -0.15) is 0 Å². The number of aromatic nitrogens is 2. The Kier molecular flexibility index (Phi) is 4.83. The van der Waals surface area contributed by atoms with Crippen molar-refractivity contribution in [2.45, 2.75) is 39.0 Å². The smallest absolute Gasteiger partial charge is 0.182 e. The fourth-order valence-electron chi connectivity index (χ4n) is 1.28. The predicted octanol–water partition coefficient (Wildman–Crippen LogP) is 2.63. The molecule has 0 amide bonds. The van der Waals surface area contributed by atoms with Crippen LogP contribution in [-0.4, -0.2) is 15.8 Å². The topological polar surface area (TPSA) is 42.9 Å². The van der Waals surface area contributed by atoms with Gasteiger partial charge in [-0.25, -0.2) is 4.98 Å². The number of ketones is 1. The van der Waals surface area contributed by atoms with E-state index < -0.39 is 0 Å². The molecule has 14 heavy (non-hydrogen) atoms.